The van der Waals surface area contributed by atoms with Gasteiger partial charge in [0.05, 0.1) is 41.3 Å². The Labute approximate surface area is 172 Å². The quantitative estimate of drug-likeness (QED) is 0.714. The van der Waals surface area contributed by atoms with Crippen molar-refractivity contribution in [2.75, 3.05) is 18.7 Å². The van der Waals surface area contributed by atoms with Crippen LogP contribution in [-0.2, 0) is 4.79 Å². The van der Waals surface area contributed by atoms with Gasteiger partial charge in [0, 0.05) is 0 Å². The molecule has 1 amide bonds. The molecule has 3 rings (SSSR count). The number of aromatic carboxylic acids is 1. The highest BCUT2D eigenvalue weighted by Crippen LogP contribution is 2.31. The van der Waals surface area contributed by atoms with Gasteiger partial charge in [-0.15, -0.1) is 0 Å². The number of carboxylic acids is 1. The van der Waals surface area contributed by atoms with Crippen LogP contribution in [0, 0.1) is 0 Å². The number of carboxylic acid groups (broad SMARTS) is 1. The summed E-state index contributed by atoms with van der Waals surface area (Å²) < 4.78 is 10.9. The number of carbonyl (C=O) groups excluding carboxylic acids is 1. The monoisotopic (exact) mass is 414 g/mol. The van der Waals surface area contributed by atoms with E-state index in [0.29, 0.717) is 35.1 Å². The molecule has 0 radical (unpaired) electrons. The molecule has 0 saturated heterocycles. The van der Waals surface area contributed by atoms with E-state index >= 15 is 0 Å². The molecule has 0 bridgehead atoms. The van der Waals surface area contributed by atoms with E-state index in [1.807, 2.05) is 13.0 Å². The number of nitrogens with zero attached hydrogens (tertiary/aromatic N) is 2. The van der Waals surface area contributed by atoms with Crippen molar-refractivity contribution in [1.82, 2.24) is 0 Å². The Morgan fingerprint density at radius 2 is 2.00 bits per heavy atom. The second kappa shape index (κ2) is 8.36. The minimum atomic E-state index is -1.18. The summed E-state index contributed by atoms with van der Waals surface area (Å²) in [4.78, 5) is 24.2. The Bertz CT molecular complexity index is 1050. The maximum Gasteiger partial charge on any atom is 0.337 e. The van der Waals surface area contributed by atoms with Gasteiger partial charge in [-0.3, -0.25) is 4.79 Å². The Hall–Kier alpha value is -3.32. The summed E-state index contributed by atoms with van der Waals surface area (Å²) in [5, 5.41) is 14.8. The van der Waals surface area contributed by atoms with Gasteiger partial charge in [0.15, 0.2) is 11.5 Å². The Morgan fingerprint density at radius 1 is 1.24 bits per heavy atom. The first-order valence-corrected chi connectivity index (χ1v) is 9.19. The molecule has 1 aliphatic heterocycles. The van der Waals surface area contributed by atoms with Crippen LogP contribution in [0.4, 0.5) is 5.69 Å². The van der Waals surface area contributed by atoms with E-state index in [0.717, 1.165) is 10.6 Å². The summed E-state index contributed by atoms with van der Waals surface area (Å²) >= 11 is 5.91. The van der Waals surface area contributed by atoms with Crippen LogP contribution >= 0.6 is 11.6 Å². The zero-order chi connectivity index (χ0) is 21.1. The first-order valence-electron chi connectivity index (χ1n) is 8.81. The molecule has 2 aromatic rings. The fourth-order valence-corrected chi connectivity index (χ4v) is 3.08. The lowest BCUT2D eigenvalue weighted by Crippen LogP contribution is -2.21. The van der Waals surface area contributed by atoms with Crippen LogP contribution in [0.5, 0.6) is 11.5 Å². The molecule has 29 heavy (non-hydrogen) atoms. The van der Waals surface area contributed by atoms with Gasteiger partial charge in [0.1, 0.15) is 0 Å². The number of hydrazone groups is 1. The average Bonchev–Trinajstić information content (AvgIpc) is 2.97. The highest BCUT2D eigenvalue weighted by molar-refractivity contribution is 6.34. The number of carbonyl (C=O) groups is 2. The fourth-order valence-electron chi connectivity index (χ4n) is 2.89. The van der Waals surface area contributed by atoms with Crippen LogP contribution in [0.15, 0.2) is 47.1 Å². The standard InChI is InChI=1S/C21H19ClN2O5/c1-4-29-19-10-13(5-8-18(19)28-3)9-15-12(2)23-24(20(15)25)14-6-7-17(22)16(11-14)21(26)27/h5-11H,4H2,1-3H3,(H,26,27)/b15-9-. The van der Waals surface area contributed by atoms with Crippen LogP contribution < -0.4 is 14.5 Å². The first-order chi connectivity index (χ1) is 13.8. The van der Waals surface area contributed by atoms with Gasteiger partial charge in [0.2, 0.25) is 0 Å². The summed E-state index contributed by atoms with van der Waals surface area (Å²) in [6.45, 7) is 4.06. The predicted octanol–water partition coefficient (Wildman–Crippen LogP) is 4.25. The van der Waals surface area contributed by atoms with E-state index in [2.05, 4.69) is 5.10 Å². The molecule has 1 N–H and O–H groups in total. The third-order valence-corrected chi connectivity index (χ3v) is 4.62. The second-order valence-electron chi connectivity index (χ2n) is 6.17. The van der Waals surface area contributed by atoms with Crippen molar-refractivity contribution in [3.8, 4) is 11.5 Å². The molecule has 1 heterocycles. The molecule has 1 aliphatic rings. The van der Waals surface area contributed by atoms with Crippen LogP contribution in [0.1, 0.15) is 29.8 Å². The predicted molar refractivity (Wildman–Crippen MR) is 111 cm³/mol. The number of ether oxygens (including phenoxy) is 2. The van der Waals surface area contributed by atoms with Gasteiger partial charge in [-0.1, -0.05) is 17.7 Å². The number of benzene rings is 2. The number of methoxy groups -OCH3 is 1. The SMILES string of the molecule is CCOc1cc(/C=C2\C(=O)N(c3ccc(Cl)c(C(=O)O)c3)N=C2C)ccc1OC. The second-order valence-corrected chi connectivity index (χ2v) is 6.58. The molecule has 0 fully saturated rings. The summed E-state index contributed by atoms with van der Waals surface area (Å²) in [5.74, 6) is -0.372. The first kappa shape index (κ1) is 20.4. The van der Waals surface area contributed by atoms with Crippen molar-refractivity contribution < 1.29 is 24.2 Å². The number of hydrogen-bond donors (Lipinski definition) is 1. The smallest absolute Gasteiger partial charge is 0.337 e. The zero-order valence-corrected chi connectivity index (χ0v) is 16.9. The Morgan fingerprint density at radius 3 is 2.66 bits per heavy atom. The summed E-state index contributed by atoms with van der Waals surface area (Å²) in [6, 6.07) is 9.65. The molecule has 7 nitrogen and oxygen atoms in total. The topological polar surface area (TPSA) is 88.4 Å². The molecule has 0 aromatic heterocycles. The summed E-state index contributed by atoms with van der Waals surface area (Å²) in [6.07, 6.45) is 1.71. The van der Waals surface area contributed by atoms with Crippen molar-refractivity contribution in [3.63, 3.8) is 0 Å². The molecular formula is C21H19ClN2O5. The number of amides is 1. The number of rotatable bonds is 6. The van der Waals surface area contributed by atoms with E-state index in [1.54, 1.807) is 38.3 Å². The molecule has 150 valence electrons. The van der Waals surface area contributed by atoms with Crippen molar-refractivity contribution >= 4 is 41.0 Å². The van der Waals surface area contributed by atoms with Crippen molar-refractivity contribution in [2.24, 2.45) is 5.10 Å². The minimum Gasteiger partial charge on any atom is -0.493 e. The number of hydrogen-bond acceptors (Lipinski definition) is 5. The largest absolute Gasteiger partial charge is 0.493 e. The summed E-state index contributed by atoms with van der Waals surface area (Å²) in [7, 11) is 1.56. The van der Waals surface area contributed by atoms with E-state index in [1.165, 1.54) is 12.1 Å². The minimum absolute atomic E-state index is 0.0889. The van der Waals surface area contributed by atoms with Crippen LogP contribution in [-0.4, -0.2) is 36.4 Å². The maximum atomic E-state index is 12.9. The van der Waals surface area contributed by atoms with Gasteiger partial charge >= 0.3 is 5.97 Å². The van der Waals surface area contributed by atoms with E-state index in [4.69, 9.17) is 21.1 Å². The van der Waals surface area contributed by atoms with Crippen molar-refractivity contribution in [1.29, 1.82) is 0 Å². The third kappa shape index (κ3) is 4.09. The van der Waals surface area contributed by atoms with Gasteiger partial charge in [-0.05, 0) is 55.8 Å². The van der Waals surface area contributed by atoms with E-state index < -0.39 is 5.97 Å². The molecule has 2 aromatic carbocycles. The van der Waals surface area contributed by atoms with Crippen LogP contribution in [0.3, 0.4) is 0 Å². The highest BCUT2D eigenvalue weighted by atomic mass is 35.5. The molecule has 8 heteroatoms. The highest BCUT2D eigenvalue weighted by Gasteiger charge is 2.29. The van der Waals surface area contributed by atoms with E-state index in [9.17, 15) is 14.7 Å². The summed E-state index contributed by atoms with van der Waals surface area (Å²) in [5.41, 5.74) is 1.87. The molecular weight excluding hydrogens is 396 g/mol. The Kier molecular flexibility index (Phi) is 5.89. The lowest BCUT2D eigenvalue weighted by Gasteiger charge is -2.13. The van der Waals surface area contributed by atoms with Crippen LogP contribution in [0.25, 0.3) is 6.08 Å². The normalized spacial score (nSPS) is 14.9. The van der Waals surface area contributed by atoms with Crippen LogP contribution in [0.2, 0.25) is 5.02 Å². The average molecular weight is 415 g/mol. The van der Waals surface area contributed by atoms with Gasteiger partial charge in [0.25, 0.3) is 5.91 Å². The Balaban J connectivity index is 1.95. The van der Waals surface area contributed by atoms with Crippen molar-refractivity contribution in [3.05, 3.63) is 58.1 Å². The van der Waals surface area contributed by atoms with Crippen molar-refractivity contribution in [2.45, 2.75) is 13.8 Å². The van der Waals surface area contributed by atoms with Gasteiger partial charge in [-0.2, -0.15) is 10.1 Å². The number of anilines is 1. The zero-order valence-electron chi connectivity index (χ0n) is 16.1. The molecule has 0 unspecified atom stereocenters. The lowest BCUT2D eigenvalue weighted by atomic mass is 10.1. The molecule has 0 aliphatic carbocycles. The maximum absolute atomic E-state index is 12.9. The third-order valence-electron chi connectivity index (χ3n) is 4.29. The van der Waals surface area contributed by atoms with E-state index in [-0.39, 0.29) is 16.5 Å². The van der Waals surface area contributed by atoms with Gasteiger partial charge in [-0.25, -0.2) is 4.79 Å². The fraction of sp³-hybridized carbons (Fsp3) is 0.190. The molecule has 0 atom stereocenters. The van der Waals surface area contributed by atoms with Gasteiger partial charge < -0.3 is 14.6 Å². The molecule has 0 saturated carbocycles. The lowest BCUT2D eigenvalue weighted by molar-refractivity contribution is -0.114. The molecule has 0 spiro atoms. The number of halogens is 1.